The van der Waals surface area contributed by atoms with E-state index in [9.17, 15) is 10.1 Å². The number of aryl methyl sites for hydroxylation is 2. The molecule has 0 amide bonds. The molecule has 1 aromatic heterocycles. The van der Waals surface area contributed by atoms with Crippen LogP contribution in [0.2, 0.25) is 0 Å². The van der Waals surface area contributed by atoms with Crippen LogP contribution in [-0.2, 0) is 24.1 Å². The van der Waals surface area contributed by atoms with Gasteiger partial charge in [-0.1, -0.05) is 0 Å². The number of rotatable bonds is 11. The molecule has 2 aromatic carbocycles. The summed E-state index contributed by atoms with van der Waals surface area (Å²) in [5, 5.41) is 9.78. The van der Waals surface area contributed by atoms with Crippen molar-refractivity contribution in [2.45, 2.75) is 44.9 Å². The minimum absolute atomic E-state index is 0.116. The molecule has 0 saturated carbocycles. The normalized spacial score (nSPS) is 14.1. The van der Waals surface area contributed by atoms with Crippen molar-refractivity contribution in [3.8, 4) is 23.3 Å². The lowest BCUT2D eigenvalue weighted by atomic mass is 9.89. The van der Waals surface area contributed by atoms with Crippen LogP contribution in [-0.4, -0.2) is 49.7 Å². The number of carbonyl (C=O) groups is 1. The molecule has 3 aromatic rings. The third-order valence-electron chi connectivity index (χ3n) is 7.71. The molecule has 218 valence electrons. The van der Waals surface area contributed by atoms with Crippen LogP contribution in [0.4, 0.5) is 17.5 Å². The molecule has 0 saturated heterocycles. The maximum Gasteiger partial charge on any atom is 0.221 e. The van der Waals surface area contributed by atoms with E-state index in [1.165, 1.54) is 16.8 Å². The zero-order chi connectivity index (χ0) is 29.6. The fourth-order valence-corrected chi connectivity index (χ4v) is 5.77. The summed E-state index contributed by atoms with van der Waals surface area (Å²) >= 11 is 0. The lowest BCUT2D eigenvalue weighted by molar-refractivity contribution is -0.115. The number of carbonyl (C=O) groups excluding carboxylic acids is 1. The minimum atomic E-state index is -0.202. The standard InChI is InChI=1S/C32H36N6O4/c1-40-27-16-21(15-25-19-36-32(35)37-31(25)34)17-28(41-2)30(27)42-11-5-8-26(39)24(18-33)14-20-12-22-6-3-9-38-10-4-7-23(13-20)29(22)38/h12-14,16-17,19H,3-11,15H2,1-2H3,(H4,34,35,36,37)/b24-14+. The van der Waals surface area contributed by atoms with Gasteiger partial charge in [-0.25, -0.2) is 4.98 Å². The van der Waals surface area contributed by atoms with E-state index in [4.69, 9.17) is 25.7 Å². The lowest BCUT2D eigenvalue weighted by Gasteiger charge is -2.37. The highest BCUT2D eigenvalue weighted by molar-refractivity contribution is 6.03. The Labute approximate surface area is 245 Å². The number of aromatic nitrogens is 2. The average Bonchev–Trinajstić information content (AvgIpc) is 2.99. The Morgan fingerprint density at radius 1 is 1.07 bits per heavy atom. The number of Topliss-reactive ketones (excluding diaryl/α,β-unsaturated/α-hetero) is 1. The monoisotopic (exact) mass is 568 g/mol. The Balaban J connectivity index is 1.23. The van der Waals surface area contributed by atoms with Crippen molar-refractivity contribution in [3.05, 3.63) is 63.9 Å². The number of hydrogen-bond acceptors (Lipinski definition) is 10. The number of ketones is 1. The SMILES string of the molecule is COc1cc(Cc2cnc(N)nc2N)cc(OC)c1OCCCC(=O)/C(C#N)=C/c1cc2c3c(c1)CCCN3CCC2. The Morgan fingerprint density at radius 2 is 1.74 bits per heavy atom. The van der Waals surface area contributed by atoms with Crippen LogP contribution in [0.25, 0.3) is 6.08 Å². The highest BCUT2D eigenvalue weighted by atomic mass is 16.5. The first-order valence-electron chi connectivity index (χ1n) is 14.2. The number of ether oxygens (including phenoxy) is 3. The predicted octanol–water partition coefficient (Wildman–Crippen LogP) is 4.28. The van der Waals surface area contributed by atoms with Gasteiger partial charge in [-0.3, -0.25) is 4.79 Å². The van der Waals surface area contributed by atoms with Crippen molar-refractivity contribution in [2.24, 2.45) is 0 Å². The van der Waals surface area contributed by atoms with Crippen LogP contribution in [0.5, 0.6) is 17.2 Å². The third kappa shape index (κ3) is 6.25. The number of nitriles is 1. The molecule has 42 heavy (non-hydrogen) atoms. The van der Waals surface area contributed by atoms with Crippen LogP contribution in [0.15, 0.2) is 36.0 Å². The average molecular weight is 569 g/mol. The van der Waals surface area contributed by atoms with Gasteiger partial charge in [0, 0.05) is 43.4 Å². The van der Waals surface area contributed by atoms with Crippen LogP contribution in [0, 0.1) is 11.3 Å². The van der Waals surface area contributed by atoms with E-state index in [-0.39, 0.29) is 30.3 Å². The second-order valence-electron chi connectivity index (χ2n) is 10.6. The number of methoxy groups -OCH3 is 2. The number of allylic oxidation sites excluding steroid dienone is 1. The largest absolute Gasteiger partial charge is 0.493 e. The maximum atomic E-state index is 13.0. The van der Waals surface area contributed by atoms with Gasteiger partial charge in [0.2, 0.25) is 11.7 Å². The molecule has 0 radical (unpaired) electrons. The smallest absolute Gasteiger partial charge is 0.221 e. The van der Waals surface area contributed by atoms with Gasteiger partial charge in [-0.2, -0.15) is 10.2 Å². The molecule has 0 unspecified atom stereocenters. The zero-order valence-corrected chi connectivity index (χ0v) is 24.1. The second kappa shape index (κ2) is 12.8. The van der Waals surface area contributed by atoms with Crippen molar-refractivity contribution in [1.82, 2.24) is 9.97 Å². The number of benzene rings is 2. The summed E-state index contributed by atoms with van der Waals surface area (Å²) in [4.78, 5) is 23.5. The summed E-state index contributed by atoms with van der Waals surface area (Å²) in [6.45, 7) is 2.46. The van der Waals surface area contributed by atoms with Crippen LogP contribution in [0.3, 0.4) is 0 Å². The topological polar surface area (TPSA) is 150 Å². The molecule has 0 atom stereocenters. The summed E-state index contributed by atoms with van der Waals surface area (Å²) in [6.07, 6.45) is 8.72. The molecule has 10 nitrogen and oxygen atoms in total. The number of hydrogen-bond donors (Lipinski definition) is 2. The first-order valence-corrected chi connectivity index (χ1v) is 14.2. The van der Waals surface area contributed by atoms with Crippen LogP contribution in [0.1, 0.15) is 53.5 Å². The molecule has 3 heterocycles. The van der Waals surface area contributed by atoms with Crippen molar-refractivity contribution in [3.63, 3.8) is 0 Å². The summed E-state index contributed by atoms with van der Waals surface area (Å²) in [5.41, 5.74) is 18.3. The third-order valence-corrected chi connectivity index (χ3v) is 7.71. The Morgan fingerprint density at radius 3 is 2.33 bits per heavy atom. The van der Waals surface area contributed by atoms with Crippen molar-refractivity contribution < 1.29 is 19.0 Å². The second-order valence-corrected chi connectivity index (χ2v) is 10.6. The van der Waals surface area contributed by atoms with E-state index in [0.717, 1.165) is 55.5 Å². The fourth-order valence-electron chi connectivity index (χ4n) is 5.77. The van der Waals surface area contributed by atoms with Crippen molar-refractivity contribution in [2.75, 3.05) is 50.3 Å². The molecular formula is C32H36N6O4. The minimum Gasteiger partial charge on any atom is -0.493 e. The molecule has 0 spiro atoms. The quantitative estimate of drug-likeness (QED) is 0.195. The van der Waals surface area contributed by atoms with E-state index in [1.54, 1.807) is 26.5 Å². The number of anilines is 3. The molecule has 0 fully saturated rings. The van der Waals surface area contributed by atoms with E-state index in [1.807, 2.05) is 12.1 Å². The zero-order valence-electron chi connectivity index (χ0n) is 24.1. The van der Waals surface area contributed by atoms with Crippen LogP contribution < -0.4 is 30.6 Å². The summed E-state index contributed by atoms with van der Waals surface area (Å²) in [5.74, 6) is 1.63. The Kier molecular flexibility index (Phi) is 8.77. The first-order chi connectivity index (χ1) is 20.4. The fraction of sp³-hybridized carbons (Fsp3) is 0.375. The summed E-state index contributed by atoms with van der Waals surface area (Å²) in [7, 11) is 3.10. The molecule has 0 bridgehead atoms. The van der Waals surface area contributed by atoms with E-state index in [0.29, 0.717) is 35.9 Å². The van der Waals surface area contributed by atoms with Gasteiger partial charge in [0.25, 0.3) is 0 Å². The molecule has 0 aliphatic carbocycles. The van der Waals surface area contributed by atoms with E-state index >= 15 is 0 Å². The number of nitrogens with zero attached hydrogens (tertiary/aromatic N) is 4. The number of nitrogen functional groups attached to an aromatic ring is 2. The maximum absolute atomic E-state index is 13.0. The predicted molar refractivity (Wildman–Crippen MR) is 162 cm³/mol. The van der Waals surface area contributed by atoms with Crippen molar-refractivity contribution >= 4 is 29.3 Å². The van der Waals surface area contributed by atoms with Crippen molar-refractivity contribution in [1.29, 1.82) is 5.26 Å². The Bertz CT molecular complexity index is 1510. The molecule has 2 aliphatic rings. The van der Waals surface area contributed by atoms with Gasteiger partial charge < -0.3 is 30.6 Å². The summed E-state index contributed by atoms with van der Waals surface area (Å²) in [6, 6.07) is 10.1. The van der Waals surface area contributed by atoms with Gasteiger partial charge in [-0.15, -0.1) is 0 Å². The first kappa shape index (κ1) is 28.7. The molecular weight excluding hydrogens is 532 g/mol. The van der Waals surface area contributed by atoms with Gasteiger partial charge in [0.15, 0.2) is 17.3 Å². The van der Waals surface area contributed by atoms with Gasteiger partial charge >= 0.3 is 0 Å². The van der Waals surface area contributed by atoms with E-state index < -0.39 is 0 Å². The van der Waals surface area contributed by atoms with Gasteiger partial charge in [0.1, 0.15) is 11.9 Å². The molecule has 5 rings (SSSR count). The number of nitrogens with two attached hydrogens (primary N) is 2. The van der Waals surface area contributed by atoms with Gasteiger partial charge in [-0.05, 0) is 84.7 Å². The molecule has 2 aliphatic heterocycles. The lowest BCUT2D eigenvalue weighted by Crippen LogP contribution is -2.34. The van der Waals surface area contributed by atoms with Gasteiger partial charge in [0.05, 0.1) is 26.4 Å². The highest BCUT2D eigenvalue weighted by Crippen LogP contribution is 2.40. The highest BCUT2D eigenvalue weighted by Gasteiger charge is 2.24. The molecule has 10 heteroatoms. The Hall–Kier alpha value is -4.78. The molecule has 4 N–H and O–H groups in total. The van der Waals surface area contributed by atoms with E-state index in [2.05, 4.69) is 33.1 Å². The van der Waals surface area contributed by atoms with Crippen LogP contribution >= 0.6 is 0 Å². The summed E-state index contributed by atoms with van der Waals surface area (Å²) < 4.78 is 17.2.